The summed E-state index contributed by atoms with van der Waals surface area (Å²) in [4.78, 5) is 25.4. The number of phosphoric ester groups is 1. The zero-order valence-electron chi connectivity index (χ0n) is 47.2. The second kappa shape index (κ2) is 52.6. The number of aliphatic hydroxyl groups is 1. The number of amides is 1. The van der Waals surface area contributed by atoms with E-state index in [9.17, 15) is 19.4 Å². The van der Waals surface area contributed by atoms with Crippen LogP contribution in [0, 0.1) is 0 Å². The lowest BCUT2D eigenvalue weighted by molar-refractivity contribution is -0.870. The highest BCUT2D eigenvalue weighted by atomic mass is 31.2. The van der Waals surface area contributed by atoms with Gasteiger partial charge in [0.15, 0.2) is 0 Å². The van der Waals surface area contributed by atoms with Gasteiger partial charge in [0.25, 0.3) is 7.82 Å². The molecule has 0 saturated heterocycles. The van der Waals surface area contributed by atoms with Gasteiger partial charge in [-0.1, -0.05) is 288 Å². The maximum Gasteiger partial charge on any atom is 0.268 e. The number of rotatable bonds is 56. The van der Waals surface area contributed by atoms with E-state index in [2.05, 4.69) is 43.5 Å². The molecule has 9 heteroatoms. The molecule has 0 aliphatic heterocycles. The number of hydrogen-bond donors (Lipinski definition) is 2. The standard InChI is InChI=1S/C61H119N2O6P/c1-6-8-10-12-14-16-18-19-20-21-22-23-24-25-26-27-28-29-30-31-32-33-34-35-36-37-38-39-40-41-42-43-45-47-49-51-53-55-61(65)62-59(58-69-70(66,67)68-57-56-63(3,4)5)60(64)54-52-50-48-46-44-17-15-13-11-9-7-2/h11,13,44,46,52,54,59-60,64H,6-10,12,14-43,45,47-51,53,55-58H2,1-5H3,(H-,62,65,66,67)/b13-11+,46-44+,54-52+. The summed E-state index contributed by atoms with van der Waals surface area (Å²) in [5.74, 6) is -0.208. The monoisotopic (exact) mass is 1010 g/mol. The van der Waals surface area contributed by atoms with E-state index < -0.39 is 26.6 Å². The van der Waals surface area contributed by atoms with Gasteiger partial charge < -0.3 is 28.8 Å². The molecule has 0 saturated carbocycles. The highest BCUT2D eigenvalue weighted by Crippen LogP contribution is 2.38. The molecule has 0 aromatic heterocycles. The Bertz CT molecular complexity index is 1230. The topological polar surface area (TPSA) is 108 Å². The smallest absolute Gasteiger partial charge is 0.268 e. The number of likely N-dealkylation sites (N-methyl/N-ethyl adjacent to an activating group) is 1. The number of carbonyl (C=O) groups excluding carboxylic acids is 1. The highest BCUT2D eigenvalue weighted by molar-refractivity contribution is 7.45. The lowest BCUT2D eigenvalue weighted by atomic mass is 10.0. The molecule has 0 fully saturated rings. The number of unbranched alkanes of at least 4 members (excludes halogenated alkanes) is 39. The van der Waals surface area contributed by atoms with E-state index in [0.717, 1.165) is 51.4 Å². The average Bonchev–Trinajstić information content (AvgIpc) is 3.32. The molecule has 0 aromatic rings. The summed E-state index contributed by atoms with van der Waals surface area (Å²) in [7, 11) is 1.24. The highest BCUT2D eigenvalue weighted by Gasteiger charge is 2.23. The van der Waals surface area contributed by atoms with Gasteiger partial charge in [-0.15, -0.1) is 0 Å². The van der Waals surface area contributed by atoms with Crippen LogP contribution in [-0.4, -0.2) is 68.5 Å². The van der Waals surface area contributed by atoms with Crippen LogP contribution in [0.3, 0.4) is 0 Å². The Hall–Kier alpha value is -1.28. The molecule has 1 amide bonds. The second-order valence-corrected chi connectivity index (χ2v) is 23.5. The van der Waals surface area contributed by atoms with Gasteiger partial charge in [0, 0.05) is 6.42 Å². The molecule has 8 nitrogen and oxygen atoms in total. The molecule has 3 atom stereocenters. The molecule has 0 aliphatic carbocycles. The van der Waals surface area contributed by atoms with Crippen LogP contribution in [0.4, 0.5) is 0 Å². The van der Waals surface area contributed by atoms with Crippen molar-refractivity contribution in [2.45, 2.75) is 309 Å². The number of hydrogen-bond acceptors (Lipinski definition) is 6. The van der Waals surface area contributed by atoms with Gasteiger partial charge in [-0.2, -0.15) is 0 Å². The Morgan fingerprint density at radius 1 is 0.486 bits per heavy atom. The van der Waals surface area contributed by atoms with Crippen molar-refractivity contribution in [3.8, 4) is 0 Å². The third-order valence-corrected chi connectivity index (χ3v) is 14.8. The van der Waals surface area contributed by atoms with Crippen molar-refractivity contribution in [1.29, 1.82) is 0 Å². The Morgan fingerprint density at radius 2 is 0.800 bits per heavy atom. The second-order valence-electron chi connectivity index (χ2n) is 22.0. The maximum absolute atomic E-state index is 12.9. The van der Waals surface area contributed by atoms with E-state index in [4.69, 9.17) is 9.05 Å². The predicted octanol–water partition coefficient (Wildman–Crippen LogP) is 17.9. The van der Waals surface area contributed by atoms with Crippen LogP contribution in [0.5, 0.6) is 0 Å². The van der Waals surface area contributed by atoms with Crippen molar-refractivity contribution in [3.05, 3.63) is 36.5 Å². The summed E-state index contributed by atoms with van der Waals surface area (Å²) in [5.41, 5.74) is 0. The molecular formula is C61H119N2O6P. The summed E-state index contributed by atoms with van der Waals surface area (Å²) in [6, 6.07) is -0.906. The minimum atomic E-state index is -4.60. The molecule has 0 bridgehead atoms. The molecule has 3 unspecified atom stereocenters. The summed E-state index contributed by atoms with van der Waals surface area (Å²) in [6.45, 7) is 4.57. The molecule has 0 spiro atoms. The van der Waals surface area contributed by atoms with Crippen molar-refractivity contribution in [1.82, 2.24) is 5.32 Å². The van der Waals surface area contributed by atoms with Gasteiger partial charge in [-0.25, -0.2) is 0 Å². The summed E-state index contributed by atoms with van der Waals surface area (Å²) < 4.78 is 23.2. The summed E-state index contributed by atoms with van der Waals surface area (Å²) >= 11 is 0. The van der Waals surface area contributed by atoms with Crippen LogP contribution < -0.4 is 10.2 Å². The van der Waals surface area contributed by atoms with E-state index in [0.29, 0.717) is 17.4 Å². The molecule has 0 heterocycles. The zero-order chi connectivity index (χ0) is 51.3. The minimum Gasteiger partial charge on any atom is -0.756 e. The summed E-state index contributed by atoms with van der Waals surface area (Å²) in [6.07, 6.45) is 68.5. The molecule has 2 N–H and O–H groups in total. The van der Waals surface area contributed by atoms with E-state index in [1.807, 2.05) is 27.2 Å². The van der Waals surface area contributed by atoms with Gasteiger partial charge in [-0.3, -0.25) is 9.36 Å². The molecule has 0 aliphatic rings. The van der Waals surface area contributed by atoms with Crippen LogP contribution in [0.2, 0.25) is 0 Å². The van der Waals surface area contributed by atoms with Crippen LogP contribution in [0.1, 0.15) is 296 Å². The van der Waals surface area contributed by atoms with Gasteiger partial charge in [0.05, 0.1) is 39.9 Å². The van der Waals surface area contributed by atoms with E-state index in [1.54, 1.807) is 6.08 Å². The SMILES string of the molecule is CCC/C=C/CC/C=C/CC/C=C/C(O)C(COP(=O)([O-])OCC[N+](C)(C)C)NC(=O)CCCCCCCCCCCCCCCCCCCCCCCCCCCCCCCCCCCCCCC. The quantitative estimate of drug-likeness (QED) is 0.0272. The number of carbonyl (C=O) groups is 1. The molecule has 414 valence electrons. The molecule has 0 radical (unpaired) electrons. The number of aliphatic hydroxyl groups excluding tert-OH is 1. The van der Waals surface area contributed by atoms with Crippen molar-refractivity contribution in [3.63, 3.8) is 0 Å². The van der Waals surface area contributed by atoms with E-state index in [-0.39, 0.29) is 12.5 Å². The lowest BCUT2D eigenvalue weighted by Gasteiger charge is -2.29. The van der Waals surface area contributed by atoms with Gasteiger partial charge in [0.2, 0.25) is 5.91 Å². The van der Waals surface area contributed by atoms with Crippen LogP contribution >= 0.6 is 7.82 Å². The summed E-state index contributed by atoms with van der Waals surface area (Å²) in [5, 5.41) is 13.8. The first-order chi connectivity index (χ1) is 34.0. The van der Waals surface area contributed by atoms with Gasteiger partial charge in [-0.05, 0) is 38.5 Å². The molecule has 0 aromatic carbocycles. The lowest BCUT2D eigenvalue weighted by Crippen LogP contribution is -2.45. The van der Waals surface area contributed by atoms with Crippen LogP contribution in [0.25, 0.3) is 0 Å². The van der Waals surface area contributed by atoms with E-state index in [1.165, 1.54) is 225 Å². The number of nitrogens with zero attached hydrogens (tertiary/aromatic N) is 1. The normalized spacial score (nSPS) is 14.1. The maximum atomic E-state index is 12.9. The fourth-order valence-corrected chi connectivity index (χ4v) is 9.80. The van der Waals surface area contributed by atoms with Crippen LogP contribution in [-0.2, 0) is 18.4 Å². The number of allylic oxidation sites excluding steroid dienone is 5. The van der Waals surface area contributed by atoms with Crippen molar-refractivity contribution < 1.29 is 32.9 Å². The Labute approximate surface area is 436 Å². The number of quaternary nitrogens is 1. The number of phosphoric acid groups is 1. The first kappa shape index (κ1) is 68.7. The predicted molar refractivity (Wildman–Crippen MR) is 302 cm³/mol. The Balaban J connectivity index is 3.85. The number of nitrogens with one attached hydrogen (secondary N) is 1. The van der Waals surface area contributed by atoms with Crippen LogP contribution in [0.15, 0.2) is 36.5 Å². The average molecular weight is 1010 g/mol. The third-order valence-electron chi connectivity index (χ3n) is 13.8. The van der Waals surface area contributed by atoms with E-state index >= 15 is 0 Å². The first-order valence-corrected chi connectivity index (χ1v) is 31.8. The fraction of sp³-hybridized carbons (Fsp3) is 0.885. The largest absolute Gasteiger partial charge is 0.756 e. The first-order valence-electron chi connectivity index (χ1n) is 30.4. The van der Waals surface area contributed by atoms with Crippen molar-refractivity contribution in [2.75, 3.05) is 40.9 Å². The Morgan fingerprint density at radius 3 is 1.13 bits per heavy atom. The minimum absolute atomic E-state index is 0.00786. The molecule has 70 heavy (non-hydrogen) atoms. The van der Waals surface area contributed by atoms with Gasteiger partial charge in [0.1, 0.15) is 13.2 Å². The Kier molecular flexibility index (Phi) is 51.6. The van der Waals surface area contributed by atoms with Crippen molar-refractivity contribution in [2.24, 2.45) is 0 Å². The third kappa shape index (κ3) is 54.5. The van der Waals surface area contributed by atoms with Crippen molar-refractivity contribution >= 4 is 13.7 Å². The molecule has 0 rings (SSSR count). The van der Waals surface area contributed by atoms with Gasteiger partial charge >= 0.3 is 0 Å². The fourth-order valence-electron chi connectivity index (χ4n) is 9.08. The zero-order valence-corrected chi connectivity index (χ0v) is 48.1. The molecular weight excluding hydrogens is 888 g/mol.